The van der Waals surface area contributed by atoms with Gasteiger partial charge in [0.15, 0.2) is 0 Å². The molecule has 1 N–H and O–H groups in total. The van der Waals surface area contributed by atoms with Crippen LogP contribution in [0.1, 0.15) is 45.4 Å². The van der Waals surface area contributed by atoms with Gasteiger partial charge in [-0.05, 0) is 12.8 Å². The van der Waals surface area contributed by atoms with Gasteiger partial charge >= 0.3 is 11.9 Å². The molecule has 0 spiro atoms. The summed E-state index contributed by atoms with van der Waals surface area (Å²) in [4.78, 5) is 21.1. The molecule has 0 unspecified atom stereocenters. The van der Waals surface area contributed by atoms with E-state index in [0.717, 1.165) is 19.3 Å². The lowest BCUT2D eigenvalue weighted by atomic mass is 10.2. The van der Waals surface area contributed by atoms with Crippen LogP contribution in [-0.2, 0) is 14.3 Å². The van der Waals surface area contributed by atoms with Gasteiger partial charge in [0.25, 0.3) is 0 Å². The van der Waals surface area contributed by atoms with E-state index in [1.807, 2.05) is 0 Å². The van der Waals surface area contributed by atoms with Crippen LogP contribution in [0.5, 0.6) is 0 Å². The molecule has 4 heteroatoms. The second-order valence-electron chi connectivity index (χ2n) is 3.17. The van der Waals surface area contributed by atoms with Gasteiger partial charge in [-0.2, -0.15) is 0 Å². The Morgan fingerprint density at radius 1 is 1.14 bits per heavy atom. The quantitative estimate of drug-likeness (QED) is 0.483. The van der Waals surface area contributed by atoms with Gasteiger partial charge in [-0.25, -0.2) is 0 Å². The first kappa shape index (κ1) is 12.9. The van der Waals surface area contributed by atoms with Crippen molar-refractivity contribution in [3.8, 4) is 0 Å². The minimum atomic E-state index is -0.855. The first-order valence-corrected chi connectivity index (χ1v) is 5.04. The molecule has 0 radical (unpaired) electrons. The van der Waals surface area contributed by atoms with Crippen molar-refractivity contribution in [2.24, 2.45) is 0 Å². The van der Waals surface area contributed by atoms with E-state index in [1.165, 1.54) is 0 Å². The maximum absolute atomic E-state index is 11.0. The van der Waals surface area contributed by atoms with Gasteiger partial charge in [0.05, 0.1) is 6.61 Å². The van der Waals surface area contributed by atoms with Crippen LogP contribution >= 0.6 is 0 Å². The topological polar surface area (TPSA) is 63.6 Å². The highest BCUT2D eigenvalue weighted by atomic mass is 16.5. The molecule has 0 saturated heterocycles. The average molecular weight is 202 g/mol. The third kappa shape index (κ3) is 9.03. The van der Waals surface area contributed by atoms with Crippen LogP contribution in [0, 0.1) is 0 Å². The van der Waals surface area contributed by atoms with Crippen LogP contribution in [0.25, 0.3) is 0 Å². The molecule has 0 aliphatic rings. The van der Waals surface area contributed by atoms with E-state index in [9.17, 15) is 9.59 Å². The molecule has 0 aliphatic heterocycles. The van der Waals surface area contributed by atoms with E-state index in [1.54, 1.807) is 0 Å². The molecule has 0 atom stereocenters. The lowest BCUT2D eigenvalue weighted by molar-refractivity contribution is -0.145. The number of unbranched alkanes of at least 4 members (excludes halogenated alkanes) is 2. The summed E-state index contributed by atoms with van der Waals surface area (Å²) in [5.74, 6) is -1.07. The highest BCUT2D eigenvalue weighted by molar-refractivity contribution is 5.69. The largest absolute Gasteiger partial charge is 0.481 e. The highest BCUT2D eigenvalue weighted by Crippen LogP contribution is 2.01. The summed E-state index contributed by atoms with van der Waals surface area (Å²) >= 11 is 0. The van der Waals surface area contributed by atoms with E-state index in [2.05, 4.69) is 6.92 Å². The summed E-state index contributed by atoms with van der Waals surface area (Å²) in [5.41, 5.74) is 0. The summed E-state index contributed by atoms with van der Waals surface area (Å²) in [6, 6.07) is 0. The average Bonchev–Trinajstić information content (AvgIpc) is 2.13. The van der Waals surface area contributed by atoms with E-state index < -0.39 is 5.97 Å². The second kappa shape index (κ2) is 8.53. The molecule has 0 aliphatic carbocycles. The minimum absolute atomic E-state index is 0.0578. The number of carboxylic acids is 1. The number of carboxylic acid groups (broad SMARTS) is 1. The third-order valence-electron chi connectivity index (χ3n) is 1.78. The molecule has 0 fully saturated rings. The summed E-state index contributed by atoms with van der Waals surface area (Å²) in [5, 5.41) is 8.31. The van der Waals surface area contributed by atoms with Gasteiger partial charge in [-0.1, -0.05) is 19.8 Å². The molecular formula is C10H18O4. The molecule has 0 bridgehead atoms. The van der Waals surface area contributed by atoms with E-state index in [-0.39, 0.29) is 19.0 Å². The molecule has 4 nitrogen and oxygen atoms in total. The van der Waals surface area contributed by atoms with Crippen molar-refractivity contribution in [3.63, 3.8) is 0 Å². The van der Waals surface area contributed by atoms with Crippen LogP contribution in [0.3, 0.4) is 0 Å². The molecule has 0 heterocycles. The van der Waals surface area contributed by atoms with Crippen LogP contribution in [0.2, 0.25) is 0 Å². The van der Waals surface area contributed by atoms with Gasteiger partial charge in [0.2, 0.25) is 0 Å². The van der Waals surface area contributed by atoms with Crippen LogP contribution < -0.4 is 0 Å². The van der Waals surface area contributed by atoms with E-state index in [4.69, 9.17) is 9.84 Å². The maximum atomic E-state index is 11.0. The summed E-state index contributed by atoms with van der Waals surface area (Å²) < 4.78 is 4.84. The Morgan fingerprint density at radius 3 is 2.43 bits per heavy atom. The van der Waals surface area contributed by atoms with Crippen molar-refractivity contribution in [1.82, 2.24) is 0 Å². The molecule has 0 aromatic rings. The number of esters is 1. The molecule has 0 aromatic heterocycles. The molecule has 14 heavy (non-hydrogen) atoms. The van der Waals surface area contributed by atoms with Crippen molar-refractivity contribution in [2.75, 3.05) is 6.61 Å². The van der Waals surface area contributed by atoms with Gasteiger partial charge in [-0.3, -0.25) is 9.59 Å². The van der Waals surface area contributed by atoms with E-state index in [0.29, 0.717) is 12.8 Å². The Kier molecular flexibility index (Phi) is 7.89. The predicted molar refractivity (Wildman–Crippen MR) is 52.0 cm³/mol. The fourth-order valence-electron chi connectivity index (χ4n) is 1.00. The lowest BCUT2D eigenvalue weighted by Gasteiger charge is -2.02. The van der Waals surface area contributed by atoms with Crippen LogP contribution in [-0.4, -0.2) is 23.7 Å². The van der Waals surface area contributed by atoms with Crippen molar-refractivity contribution < 1.29 is 19.4 Å². The monoisotopic (exact) mass is 202 g/mol. The number of ether oxygens (including phenoxy) is 1. The molecule has 0 rings (SSSR count). The van der Waals surface area contributed by atoms with Crippen molar-refractivity contribution >= 4 is 11.9 Å². The predicted octanol–water partition coefficient (Wildman–Crippen LogP) is 1.97. The summed E-state index contributed by atoms with van der Waals surface area (Å²) in [7, 11) is 0. The van der Waals surface area contributed by atoms with Crippen molar-refractivity contribution in [1.29, 1.82) is 0 Å². The smallest absolute Gasteiger partial charge is 0.305 e. The van der Waals surface area contributed by atoms with Gasteiger partial charge in [-0.15, -0.1) is 0 Å². The fourth-order valence-corrected chi connectivity index (χ4v) is 1.00. The Balaban J connectivity index is 3.22. The van der Waals surface area contributed by atoms with Crippen molar-refractivity contribution in [2.45, 2.75) is 45.4 Å². The Bertz CT molecular complexity index is 177. The van der Waals surface area contributed by atoms with Crippen LogP contribution in [0.15, 0.2) is 0 Å². The van der Waals surface area contributed by atoms with Gasteiger partial charge < -0.3 is 9.84 Å². The number of carbonyl (C=O) groups excluding carboxylic acids is 1. The zero-order valence-electron chi connectivity index (χ0n) is 8.62. The number of hydrogen-bond acceptors (Lipinski definition) is 3. The Hall–Kier alpha value is -1.06. The Morgan fingerprint density at radius 2 is 1.86 bits per heavy atom. The molecule has 0 saturated carbocycles. The first-order valence-electron chi connectivity index (χ1n) is 5.04. The summed E-state index contributed by atoms with van der Waals surface area (Å²) in [6.45, 7) is 2.29. The van der Waals surface area contributed by atoms with Gasteiger partial charge in [0.1, 0.15) is 0 Å². The van der Waals surface area contributed by atoms with E-state index >= 15 is 0 Å². The summed E-state index contributed by atoms with van der Waals surface area (Å²) in [6.07, 6.45) is 3.86. The number of hydrogen-bond donors (Lipinski definition) is 1. The fraction of sp³-hybridized carbons (Fsp3) is 0.800. The number of aliphatic carboxylic acids is 1. The Labute approximate surface area is 84.3 Å². The zero-order chi connectivity index (χ0) is 10.8. The number of rotatable bonds is 8. The third-order valence-corrected chi connectivity index (χ3v) is 1.78. The molecule has 82 valence electrons. The standard InChI is InChI=1S/C10H18O4/c1-2-3-4-7-10(13)14-8-5-6-9(11)12/h2-8H2,1H3,(H,11,12). The SMILES string of the molecule is CCCCCC(=O)OCCCC(=O)O. The molecular weight excluding hydrogens is 184 g/mol. The lowest BCUT2D eigenvalue weighted by Crippen LogP contribution is -2.07. The molecule has 0 aromatic carbocycles. The second-order valence-corrected chi connectivity index (χ2v) is 3.17. The number of carbonyl (C=O) groups is 2. The van der Waals surface area contributed by atoms with Gasteiger partial charge in [0, 0.05) is 12.8 Å². The zero-order valence-corrected chi connectivity index (χ0v) is 8.62. The molecule has 0 amide bonds. The first-order chi connectivity index (χ1) is 6.66. The minimum Gasteiger partial charge on any atom is -0.481 e. The van der Waals surface area contributed by atoms with Crippen molar-refractivity contribution in [3.05, 3.63) is 0 Å². The van der Waals surface area contributed by atoms with Crippen LogP contribution in [0.4, 0.5) is 0 Å². The normalized spacial score (nSPS) is 9.79. The highest BCUT2D eigenvalue weighted by Gasteiger charge is 2.02. The maximum Gasteiger partial charge on any atom is 0.305 e.